The first kappa shape index (κ1) is 27.7. The maximum absolute atomic E-state index is 13.2. The second-order valence-electron chi connectivity index (χ2n) is 10.9. The smallest absolute Gasteiger partial charge is 0.307 e. The van der Waals surface area contributed by atoms with Crippen LogP contribution < -0.4 is 10.2 Å². The quantitative estimate of drug-likeness (QED) is 0.348. The molecule has 5 atom stereocenters. The first-order valence-electron chi connectivity index (χ1n) is 13.6. The van der Waals surface area contributed by atoms with Gasteiger partial charge in [-0.25, -0.2) is 4.98 Å². The first-order chi connectivity index (χ1) is 18.8. The standard InChI is InChI=1S/C28H37N5O5S/c1-18(16-34)12-21(14-33-15-24(37-3)26-23(33)13-25(35)38-26)29-27(36)20-6-4-19(5-7-20)22-17-39-28(30-22)32-10-8-31(2)9-11-32/h4-7,16-18,21,23-24,26H,8-15H2,1-3H3,(H,29,36)/t18?,21-,23-,24+,26-/m0/s1. The second kappa shape index (κ2) is 12.1. The number of thiazole rings is 1. The van der Waals surface area contributed by atoms with Crippen LogP contribution in [0.4, 0.5) is 5.13 Å². The molecule has 0 saturated carbocycles. The molecule has 3 aliphatic rings. The summed E-state index contributed by atoms with van der Waals surface area (Å²) >= 11 is 1.65. The topological polar surface area (TPSA) is 104 Å². The Morgan fingerprint density at radius 3 is 2.69 bits per heavy atom. The third kappa shape index (κ3) is 6.32. The zero-order chi connectivity index (χ0) is 27.5. The van der Waals surface area contributed by atoms with Crippen LogP contribution in [0.3, 0.4) is 0 Å². The number of hydrogen-bond donors (Lipinski definition) is 1. The molecule has 11 heteroatoms. The van der Waals surface area contributed by atoms with Crippen molar-refractivity contribution in [1.82, 2.24) is 20.1 Å². The van der Waals surface area contributed by atoms with Gasteiger partial charge < -0.3 is 29.4 Å². The van der Waals surface area contributed by atoms with Crippen LogP contribution in [0.15, 0.2) is 29.6 Å². The highest BCUT2D eigenvalue weighted by Gasteiger charge is 2.50. The molecule has 4 heterocycles. The average Bonchev–Trinajstić information content (AvgIpc) is 3.65. The molecule has 10 nitrogen and oxygen atoms in total. The van der Waals surface area contributed by atoms with E-state index in [1.807, 2.05) is 31.2 Å². The number of hydrogen-bond acceptors (Lipinski definition) is 10. The number of benzene rings is 1. The SMILES string of the molecule is CO[C@@H]1CN(C[C@H](CC(C)C=O)NC(=O)c2ccc(-c3csc(N4CCN(C)CC4)n3)cc2)[C@H]2CC(=O)O[C@H]12. The predicted molar refractivity (Wildman–Crippen MR) is 149 cm³/mol. The fraction of sp³-hybridized carbons (Fsp3) is 0.571. The fourth-order valence-corrected chi connectivity index (χ4v) is 6.57. The van der Waals surface area contributed by atoms with Crippen LogP contribution in [0, 0.1) is 5.92 Å². The monoisotopic (exact) mass is 555 g/mol. The van der Waals surface area contributed by atoms with Gasteiger partial charge in [0.2, 0.25) is 0 Å². The van der Waals surface area contributed by atoms with E-state index >= 15 is 0 Å². The van der Waals surface area contributed by atoms with Crippen LogP contribution in [-0.4, -0.2) is 111 Å². The van der Waals surface area contributed by atoms with E-state index < -0.39 is 0 Å². The molecule has 210 valence electrons. The number of piperazine rings is 1. The summed E-state index contributed by atoms with van der Waals surface area (Å²) in [6.07, 6.45) is 1.23. The van der Waals surface area contributed by atoms with Crippen molar-refractivity contribution in [3.63, 3.8) is 0 Å². The Balaban J connectivity index is 1.23. The minimum Gasteiger partial charge on any atom is -0.458 e. The fourth-order valence-electron chi connectivity index (χ4n) is 5.68. The minimum atomic E-state index is -0.294. The third-order valence-corrected chi connectivity index (χ3v) is 8.86. The Kier molecular flexibility index (Phi) is 8.61. The molecule has 1 aromatic heterocycles. The van der Waals surface area contributed by atoms with Gasteiger partial charge in [-0.1, -0.05) is 19.1 Å². The van der Waals surface area contributed by atoms with Crippen molar-refractivity contribution in [2.45, 2.75) is 44.1 Å². The number of fused-ring (bicyclic) bond motifs is 1. The van der Waals surface area contributed by atoms with E-state index in [2.05, 4.69) is 32.4 Å². The number of carbonyl (C=O) groups excluding carboxylic acids is 3. The van der Waals surface area contributed by atoms with Gasteiger partial charge in [-0.3, -0.25) is 14.5 Å². The second-order valence-corrected chi connectivity index (χ2v) is 11.7. The lowest BCUT2D eigenvalue weighted by Crippen LogP contribution is -2.46. The summed E-state index contributed by atoms with van der Waals surface area (Å²) in [7, 11) is 3.76. The normalized spacial score (nSPS) is 25.3. The molecule has 3 fully saturated rings. The highest BCUT2D eigenvalue weighted by Crippen LogP contribution is 2.32. The number of anilines is 1. The molecule has 39 heavy (non-hydrogen) atoms. The molecule has 0 aliphatic carbocycles. The van der Waals surface area contributed by atoms with Crippen molar-refractivity contribution in [1.29, 1.82) is 0 Å². The van der Waals surface area contributed by atoms with Crippen LogP contribution in [0.25, 0.3) is 11.3 Å². The molecule has 3 saturated heterocycles. The van der Waals surface area contributed by atoms with E-state index in [-0.39, 0.29) is 42.1 Å². The molecule has 0 radical (unpaired) electrons. The molecule has 3 aliphatic heterocycles. The third-order valence-electron chi connectivity index (χ3n) is 7.96. The van der Waals surface area contributed by atoms with Crippen molar-refractivity contribution in [2.24, 2.45) is 5.92 Å². The summed E-state index contributed by atoms with van der Waals surface area (Å²) in [6, 6.07) is 7.13. The van der Waals surface area contributed by atoms with E-state index in [9.17, 15) is 14.4 Å². The molecule has 1 aromatic carbocycles. The molecule has 1 unspecified atom stereocenters. The number of nitrogens with one attached hydrogen (secondary N) is 1. The number of esters is 1. The van der Waals surface area contributed by atoms with Gasteiger partial charge in [0, 0.05) is 74.8 Å². The van der Waals surface area contributed by atoms with E-state index in [0.29, 0.717) is 31.5 Å². The van der Waals surface area contributed by atoms with Crippen molar-refractivity contribution in [3.8, 4) is 11.3 Å². The Labute approximate surface area is 233 Å². The van der Waals surface area contributed by atoms with Gasteiger partial charge in [-0.15, -0.1) is 11.3 Å². The molecule has 1 amide bonds. The maximum atomic E-state index is 13.2. The van der Waals surface area contributed by atoms with Gasteiger partial charge in [-0.2, -0.15) is 0 Å². The number of ether oxygens (including phenoxy) is 2. The van der Waals surface area contributed by atoms with Crippen molar-refractivity contribution in [3.05, 3.63) is 35.2 Å². The lowest BCUT2D eigenvalue weighted by molar-refractivity contribution is -0.145. The van der Waals surface area contributed by atoms with E-state index in [1.54, 1.807) is 18.4 Å². The first-order valence-corrected chi connectivity index (χ1v) is 14.4. The number of likely N-dealkylation sites (tertiary alicyclic amines) is 1. The van der Waals surface area contributed by atoms with Gasteiger partial charge in [0.05, 0.1) is 18.2 Å². The molecule has 5 rings (SSSR count). The Hall–Kier alpha value is -2.86. The minimum absolute atomic E-state index is 0.0819. The van der Waals surface area contributed by atoms with Crippen LogP contribution in [0.5, 0.6) is 0 Å². The van der Waals surface area contributed by atoms with Crippen LogP contribution in [-0.2, 0) is 19.1 Å². The number of carbonyl (C=O) groups is 3. The molecule has 1 N–H and O–H groups in total. The maximum Gasteiger partial charge on any atom is 0.307 e. The highest BCUT2D eigenvalue weighted by molar-refractivity contribution is 7.14. The molecule has 2 aromatic rings. The molecule has 0 bridgehead atoms. The van der Waals surface area contributed by atoms with Crippen molar-refractivity contribution >= 4 is 34.6 Å². The average molecular weight is 556 g/mol. The van der Waals surface area contributed by atoms with Crippen molar-refractivity contribution < 1.29 is 23.9 Å². The number of aldehydes is 1. The number of rotatable bonds is 10. The summed E-state index contributed by atoms with van der Waals surface area (Å²) in [5.41, 5.74) is 2.42. The van der Waals surface area contributed by atoms with E-state index in [1.165, 1.54) is 0 Å². The summed E-state index contributed by atoms with van der Waals surface area (Å²) < 4.78 is 11.0. The van der Waals surface area contributed by atoms with Gasteiger partial charge in [0.25, 0.3) is 5.91 Å². The Bertz CT molecular complexity index is 1170. The Morgan fingerprint density at radius 2 is 2.00 bits per heavy atom. The summed E-state index contributed by atoms with van der Waals surface area (Å²) in [6.45, 7) is 6.97. The Morgan fingerprint density at radius 1 is 1.26 bits per heavy atom. The lowest BCUT2D eigenvalue weighted by atomic mass is 10.0. The summed E-state index contributed by atoms with van der Waals surface area (Å²) in [4.78, 5) is 48.2. The molecular weight excluding hydrogens is 518 g/mol. The number of amides is 1. The van der Waals surface area contributed by atoms with Gasteiger partial charge in [0.1, 0.15) is 18.5 Å². The zero-order valence-corrected chi connectivity index (χ0v) is 23.6. The van der Waals surface area contributed by atoms with Crippen LogP contribution in [0.2, 0.25) is 0 Å². The summed E-state index contributed by atoms with van der Waals surface area (Å²) in [5.74, 6) is -0.636. The van der Waals surface area contributed by atoms with Gasteiger partial charge >= 0.3 is 5.97 Å². The number of methoxy groups -OCH3 is 1. The molecular formula is C28H37N5O5S. The molecule has 0 spiro atoms. The predicted octanol–water partition coefficient (Wildman–Crippen LogP) is 1.90. The largest absolute Gasteiger partial charge is 0.458 e. The van der Waals surface area contributed by atoms with E-state index in [0.717, 1.165) is 48.9 Å². The van der Waals surface area contributed by atoms with Crippen LogP contribution in [0.1, 0.15) is 30.1 Å². The van der Waals surface area contributed by atoms with Gasteiger partial charge in [0.15, 0.2) is 5.13 Å². The number of aromatic nitrogens is 1. The summed E-state index contributed by atoms with van der Waals surface area (Å²) in [5, 5.41) is 6.22. The van der Waals surface area contributed by atoms with E-state index in [4.69, 9.17) is 14.5 Å². The number of likely N-dealkylation sites (N-methyl/N-ethyl adjacent to an activating group) is 1. The highest BCUT2D eigenvalue weighted by atomic mass is 32.1. The van der Waals surface area contributed by atoms with Crippen molar-refractivity contribution in [2.75, 3.05) is 58.3 Å². The van der Waals surface area contributed by atoms with Gasteiger partial charge in [-0.05, 0) is 25.6 Å². The zero-order valence-electron chi connectivity index (χ0n) is 22.7. The number of nitrogens with zero attached hydrogens (tertiary/aromatic N) is 4. The lowest BCUT2D eigenvalue weighted by Gasteiger charge is -2.32. The van der Waals surface area contributed by atoms with Crippen LogP contribution >= 0.6 is 11.3 Å².